The molecule has 3 atom stereocenters. The zero-order valence-electron chi connectivity index (χ0n) is 8.81. The molecule has 1 aliphatic heterocycles. The highest BCUT2D eigenvalue weighted by Gasteiger charge is 2.35. The van der Waals surface area contributed by atoms with Gasteiger partial charge in [0.2, 0.25) is 0 Å². The van der Waals surface area contributed by atoms with Crippen LogP contribution in [0.25, 0.3) is 0 Å². The van der Waals surface area contributed by atoms with Crippen molar-refractivity contribution in [3.8, 4) is 0 Å². The molecule has 1 fully saturated rings. The second-order valence-corrected chi connectivity index (χ2v) is 3.95. The molecule has 4 nitrogen and oxygen atoms in total. The standard InChI is InChI=1S/C10H19NO3/c1-3-8(10(13)14)11-6-4-5-9(11)7(2)12/h7-9,12H,3-6H2,1-2H3,(H,13,14)/t7-,8-,9+/m1/s1. The van der Waals surface area contributed by atoms with Gasteiger partial charge in [-0.3, -0.25) is 9.69 Å². The van der Waals surface area contributed by atoms with Crippen molar-refractivity contribution in [2.75, 3.05) is 6.54 Å². The lowest BCUT2D eigenvalue weighted by atomic mass is 10.1. The monoisotopic (exact) mass is 201 g/mol. The van der Waals surface area contributed by atoms with E-state index in [0.717, 1.165) is 19.4 Å². The summed E-state index contributed by atoms with van der Waals surface area (Å²) >= 11 is 0. The van der Waals surface area contributed by atoms with Crippen LogP contribution in [0.5, 0.6) is 0 Å². The fourth-order valence-corrected chi connectivity index (χ4v) is 2.27. The van der Waals surface area contributed by atoms with Gasteiger partial charge in [0.15, 0.2) is 0 Å². The smallest absolute Gasteiger partial charge is 0.320 e. The van der Waals surface area contributed by atoms with Crippen LogP contribution in [0.15, 0.2) is 0 Å². The number of aliphatic hydroxyl groups is 1. The number of hydrogen-bond donors (Lipinski definition) is 2. The fraction of sp³-hybridized carbons (Fsp3) is 0.900. The summed E-state index contributed by atoms with van der Waals surface area (Å²) in [5, 5.41) is 18.5. The second-order valence-electron chi connectivity index (χ2n) is 3.95. The maximum absolute atomic E-state index is 11.0. The highest BCUT2D eigenvalue weighted by Crippen LogP contribution is 2.24. The summed E-state index contributed by atoms with van der Waals surface area (Å²) in [6.45, 7) is 4.40. The summed E-state index contributed by atoms with van der Waals surface area (Å²) in [7, 11) is 0. The van der Waals surface area contributed by atoms with Crippen LogP contribution >= 0.6 is 0 Å². The van der Waals surface area contributed by atoms with Gasteiger partial charge in [-0.1, -0.05) is 6.92 Å². The zero-order chi connectivity index (χ0) is 10.7. The number of carboxylic acids is 1. The number of carboxylic acid groups (broad SMARTS) is 1. The van der Waals surface area contributed by atoms with Crippen molar-refractivity contribution in [3.63, 3.8) is 0 Å². The van der Waals surface area contributed by atoms with Crippen LogP contribution in [-0.2, 0) is 4.79 Å². The second kappa shape index (κ2) is 4.75. The van der Waals surface area contributed by atoms with Crippen molar-refractivity contribution in [2.24, 2.45) is 0 Å². The Morgan fingerprint density at radius 1 is 1.64 bits per heavy atom. The van der Waals surface area contributed by atoms with Gasteiger partial charge in [0.25, 0.3) is 0 Å². The van der Waals surface area contributed by atoms with E-state index in [1.807, 2.05) is 11.8 Å². The molecule has 1 saturated heterocycles. The Labute approximate surface area is 84.5 Å². The largest absolute Gasteiger partial charge is 0.480 e. The minimum absolute atomic E-state index is 0.0241. The summed E-state index contributed by atoms with van der Waals surface area (Å²) < 4.78 is 0. The van der Waals surface area contributed by atoms with E-state index >= 15 is 0 Å². The van der Waals surface area contributed by atoms with Crippen LogP contribution in [0.3, 0.4) is 0 Å². The van der Waals surface area contributed by atoms with Gasteiger partial charge < -0.3 is 10.2 Å². The molecule has 0 aliphatic carbocycles. The normalized spacial score (nSPS) is 27.5. The van der Waals surface area contributed by atoms with Crippen molar-refractivity contribution in [3.05, 3.63) is 0 Å². The molecule has 0 saturated carbocycles. The number of likely N-dealkylation sites (tertiary alicyclic amines) is 1. The number of aliphatic carboxylic acids is 1. The molecule has 0 aromatic heterocycles. The maximum Gasteiger partial charge on any atom is 0.320 e. The number of rotatable bonds is 4. The van der Waals surface area contributed by atoms with Gasteiger partial charge >= 0.3 is 5.97 Å². The summed E-state index contributed by atoms with van der Waals surface area (Å²) in [5.41, 5.74) is 0. The Kier molecular flexibility index (Phi) is 3.89. The Morgan fingerprint density at radius 3 is 2.71 bits per heavy atom. The van der Waals surface area contributed by atoms with E-state index in [4.69, 9.17) is 5.11 Å². The summed E-state index contributed by atoms with van der Waals surface area (Å²) in [4.78, 5) is 12.9. The Morgan fingerprint density at radius 2 is 2.29 bits per heavy atom. The molecule has 0 radical (unpaired) electrons. The molecule has 14 heavy (non-hydrogen) atoms. The van der Waals surface area contributed by atoms with Gasteiger partial charge in [0.05, 0.1) is 6.10 Å². The molecule has 1 aliphatic rings. The number of aliphatic hydroxyl groups excluding tert-OH is 1. The van der Waals surface area contributed by atoms with E-state index in [1.54, 1.807) is 6.92 Å². The minimum atomic E-state index is -0.778. The summed E-state index contributed by atoms with van der Waals surface area (Å²) in [5.74, 6) is -0.778. The molecule has 1 rings (SSSR count). The Balaban J connectivity index is 2.69. The van der Waals surface area contributed by atoms with Crippen LogP contribution in [0.2, 0.25) is 0 Å². The van der Waals surface area contributed by atoms with Crippen LogP contribution in [0, 0.1) is 0 Å². The minimum Gasteiger partial charge on any atom is -0.480 e. The first-order valence-corrected chi connectivity index (χ1v) is 5.24. The first-order chi connectivity index (χ1) is 6.57. The third-order valence-electron chi connectivity index (χ3n) is 2.97. The van der Waals surface area contributed by atoms with Crippen molar-refractivity contribution in [1.29, 1.82) is 0 Å². The van der Waals surface area contributed by atoms with E-state index < -0.39 is 18.1 Å². The molecule has 82 valence electrons. The van der Waals surface area contributed by atoms with Crippen LogP contribution in [-0.4, -0.2) is 45.8 Å². The lowest BCUT2D eigenvalue weighted by molar-refractivity contribution is -0.144. The molecule has 0 unspecified atom stereocenters. The van der Waals surface area contributed by atoms with E-state index in [9.17, 15) is 9.90 Å². The average Bonchev–Trinajstić information content (AvgIpc) is 2.53. The molecule has 1 heterocycles. The average molecular weight is 201 g/mol. The van der Waals surface area contributed by atoms with Crippen molar-refractivity contribution in [1.82, 2.24) is 4.90 Å². The van der Waals surface area contributed by atoms with Crippen molar-refractivity contribution < 1.29 is 15.0 Å². The van der Waals surface area contributed by atoms with Crippen molar-refractivity contribution >= 4 is 5.97 Å². The van der Waals surface area contributed by atoms with Gasteiger partial charge in [-0.15, -0.1) is 0 Å². The van der Waals surface area contributed by atoms with Crippen LogP contribution in [0.4, 0.5) is 0 Å². The number of nitrogens with zero attached hydrogens (tertiary/aromatic N) is 1. The molecule has 0 bridgehead atoms. The summed E-state index contributed by atoms with van der Waals surface area (Å²) in [6, 6.07) is -0.409. The molecule has 2 N–H and O–H groups in total. The van der Waals surface area contributed by atoms with E-state index in [-0.39, 0.29) is 6.04 Å². The van der Waals surface area contributed by atoms with Gasteiger partial charge in [0.1, 0.15) is 6.04 Å². The Bertz CT molecular complexity index is 206. The third kappa shape index (κ3) is 2.25. The van der Waals surface area contributed by atoms with Gasteiger partial charge in [0, 0.05) is 6.04 Å². The SMILES string of the molecule is CC[C@H](C(=O)O)N1CCC[C@H]1[C@@H](C)O. The summed E-state index contributed by atoms with van der Waals surface area (Å²) in [6.07, 6.45) is 2.05. The van der Waals surface area contributed by atoms with Crippen LogP contribution < -0.4 is 0 Å². The maximum atomic E-state index is 11.0. The molecule has 0 amide bonds. The fourth-order valence-electron chi connectivity index (χ4n) is 2.27. The van der Waals surface area contributed by atoms with Gasteiger partial charge in [-0.05, 0) is 32.7 Å². The first-order valence-electron chi connectivity index (χ1n) is 5.24. The molecule has 0 spiro atoms. The topological polar surface area (TPSA) is 60.8 Å². The van der Waals surface area contributed by atoms with Gasteiger partial charge in [-0.25, -0.2) is 0 Å². The molecular weight excluding hydrogens is 182 g/mol. The van der Waals surface area contributed by atoms with Crippen LogP contribution in [0.1, 0.15) is 33.1 Å². The predicted molar refractivity (Wildman–Crippen MR) is 53.1 cm³/mol. The lowest BCUT2D eigenvalue weighted by Gasteiger charge is -2.31. The predicted octanol–water partition coefficient (Wildman–Crippen LogP) is 0.695. The van der Waals surface area contributed by atoms with E-state index in [1.165, 1.54) is 0 Å². The molecule has 0 aromatic rings. The lowest BCUT2D eigenvalue weighted by Crippen LogP contribution is -2.47. The quantitative estimate of drug-likeness (QED) is 0.702. The molecular formula is C10H19NO3. The molecule has 4 heteroatoms. The number of hydrogen-bond acceptors (Lipinski definition) is 3. The third-order valence-corrected chi connectivity index (χ3v) is 2.97. The van der Waals surface area contributed by atoms with E-state index in [2.05, 4.69) is 0 Å². The first kappa shape index (κ1) is 11.5. The highest BCUT2D eigenvalue weighted by molar-refractivity contribution is 5.73. The zero-order valence-corrected chi connectivity index (χ0v) is 8.81. The van der Waals surface area contributed by atoms with E-state index in [0.29, 0.717) is 6.42 Å². The molecule has 0 aromatic carbocycles. The highest BCUT2D eigenvalue weighted by atomic mass is 16.4. The number of carbonyl (C=O) groups is 1. The van der Waals surface area contributed by atoms with Crippen molar-refractivity contribution in [2.45, 2.75) is 51.3 Å². The van der Waals surface area contributed by atoms with Gasteiger partial charge in [-0.2, -0.15) is 0 Å². The Hall–Kier alpha value is -0.610.